The zero-order valence-electron chi connectivity index (χ0n) is 16.8. The third-order valence-electron chi connectivity index (χ3n) is 3.57. The number of carboxylic acids is 1. The van der Waals surface area contributed by atoms with Crippen LogP contribution in [0.4, 0.5) is 0 Å². The number of carbonyl (C=O) groups excluding carboxylic acids is 1. The van der Waals surface area contributed by atoms with Crippen LogP contribution in [0.2, 0.25) is 0 Å². The van der Waals surface area contributed by atoms with Gasteiger partial charge in [0.15, 0.2) is 0 Å². The van der Waals surface area contributed by atoms with Crippen LogP contribution in [0, 0.1) is 0 Å². The Morgan fingerprint density at radius 1 is 0.966 bits per heavy atom. The van der Waals surface area contributed by atoms with E-state index in [-0.39, 0.29) is 12.3 Å². The zero-order valence-corrected chi connectivity index (χ0v) is 16.8. The van der Waals surface area contributed by atoms with E-state index in [1.165, 1.54) is 0 Å². The summed E-state index contributed by atoms with van der Waals surface area (Å²) in [6.07, 6.45) is 1.99. The molecule has 29 heavy (non-hydrogen) atoms. The Bertz CT molecular complexity index is 475. The van der Waals surface area contributed by atoms with E-state index in [1.54, 1.807) is 0 Å². The van der Waals surface area contributed by atoms with E-state index in [1.807, 2.05) is 0 Å². The SMILES string of the molecule is [N-]=[N+]=NCCOCCOCCOCCOCCC(=O)NCCCCC(N)C(=O)O. The van der Waals surface area contributed by atoms with Crippen molar-refractivity contribution in [2.24, 2.45) is 10.8 Å². The van der Waals surface area contributed by atoms with Crippen molar-refractivity contribution in [2.75, 3.05) is 65.9 Å². The first-order valence-corrected chi connectivity index (χ1v) is 9.64. The van der Waals surface area contributed by atoms with Gasteiger partial charge in [0.1, 0.15) is 6.04 Å². The van der Waals surface area contributed by atoms with Crippen molar-refractivity contribution in [3.8, 4) is 0 Å². The number of nitrogens with one attached hydrogen (secondary N) is 1. The topological polar surface area (TPSA) is 178 Å². The number of carboxylic acid groups (broad SMARTS) is 1. The molecule has 0 spiro atoms. The van der Waals surface area contributed by atoms with Gasteiger partial charge in [-0.2, -0.15) is 0 Å². The number of unbranched alkanes of at least 4 members (excludes halogenated alkanes) is 1. The maximum Gasteiger partial charge on any atom is 0.320 e. The van der Waals surface area contributed by atoms with E-state index in [0.29, 0.717) is 85.2 Å². The highest BCUT2D eigenvalue weighted by Crippen LogP contribution is 1.98. The minimum Gasteiger partial charge on any atom is -0.480 e. The lowest BCUT2D eigenvalue weighted by Crippen LogP contribution is -2.30. The van der Waals surface area contributed by atoms with Crippen molar-refractivity contribution in [2.45, 2.75) is 31.7 Å². The molecule has 12 heteroatoms. The highest BCUT2D eigenvalue weighted by molar-refractivity contribution is 5.75. The molecule has 4 N–H and O–H groups in total. The van der Waals surface area contributed by atoms with E-state index < -0.39 is 12.0 Å². The molecule has 0 aromatic carbocycles. The van der Waals surface area contributed by atoms with Crippen LogP contribution in [0.1, 0.15) is 25.7 Å². The van der Waals surface area contributed by atoms with Crippen LogP contribution in [0.5, 0.6) is 0 Å². The number of amides is 1. The highest BCUT2D eigenvalue weighted by atomic mass is 16.6. The van der Waals surface area contributed by atoms with Crippen LogP contribution in [-0.2, 0) is 28.5 Å². The van der Waals surface area contributed by atoms with Crippen LogP contribution >= 0.6 is 0 Å². The van der Waals surface area contributed by atoms with Crippen LogP contribution in [0.3, 0.4) is 0 Å². The third-order valence-corrected chi connectivity index (χ3v) is 3.57. The summed E-state index contributed by atoms with van der Waals surface area (Å²) >= 11 is 0. The fourth-order valence-electron chi connectivity index (χ4n) is 2.01. The average Bonchev–Trinajstić information content (AvgIpc) is 2.70. The predicted molar refractivity (Wildman–Crippen MR) is 104 cm³/mol. The van der Waals surface area contributed by atoms with Gasteiger partial charge in [-0.15, -0.1) is 0 Å². The van der Waals surface area contributed by atoms with Crippen molar-refractivity contribution in [1.82, 2.24) is 5.32 Å². The Hall–Kier alpha value is -1.95. The van der Waals surface area contributed by atoms with Crippen molar-refractivity contribution >= 4 is 11.9 Å². The molecular formula is C17H33N5O7. The number of hydrogen-bond donors (Lipinski definition) is 3. The maximum absolute atomic E-state index is 11.6. The first kappa shape index (κ1) is 27.0. The van der Waals surface area contributed by atoms with Gasteiger partial charge in [0.25, 0.3) is 0 Å². The van der Waals surface area contributed by atoms with Crippen molar-refractivity contribution in [3.05, 3.63) is 10.4 Å². The largest absolute Gasteiger partial charge is 0.480 e. The molecular weight excluding hydrogens is 386 g/mol. The monoisotopic (exact) mass is 419 g/mol. The number of azide groups is 1. The van der Waals surface area contributed by atoms with E-state index in [4.69, 9.17) is 35.3 Å². The van der Waals surface area contributed by atoms with Gasteiger partial charge in [0.05, 0.1) is 52.9 Å². The molecule has 1 atom stereocenters. The molecule has 0 aromatic rings. The number of carbonyl (C=O) groups is 2. The number of nitrogens with zero attached hydrogens (tertiary/aromatic N) is 3. The van der Waals surface area contributed by atoms with Gasteiger partial charge in [0, 0.05) is 24.4 Å². The van der Waals surface area contributed by atoms with Crippen LogP contribution in [0.15, 0.2) is 5.11 Å². The van der Waals surface area contributed by atoms with Gasteiger partial charge in [-0.1, -0.05) is 5.11 Å². The number of hydrogen-bond acceptors (Lipinski definition) is 8. The lowest BCUT2D eigenvalue weighted by atomic mass is 10.1. The Morgan fingerprint density at radius 3 is 2.07 bits per heavy atom. The second kappa shape index (κ2) is 20.8. The average molecular weight is 419 g/mol. The van der Waals surface area contributed by atoms with Gasteiger partial charge in [0.2, 0.25) is 5.91 Å². The molecule has 0 radical (unpaired) electrons. The molecule has 0 heterocycles. The highest BCUT2D eigenvalue weighted by Gasteiger charge is 2.10. The molecule has 0 aliphatic carbocycles. The molecule has 0 aliphatic rings. The first-order valence-electron chi connectivity index (χ1n) is 9.64. The summed E-state index contributed by atoms with van der Waals surface area (Å²) in [7, 11) is 0. The van der Waals surface area contributed by atoms with Crippen LogP contribution < -0.4 is 11.1 Å². The van der Waals surface area contributed by atoms with Crippen LogP contribution in [-0.4, -0.2) is 89.0 Å². The van der Waals surface area contributed by atoms with E-state index >= 15 is 0 Å². The Morgan fingerprint density at radius 2 is 1.52 bits per heavy atom. The predicted octanol–water partition coefficient (Wildman–Crippen LogP) is 0.452. The minimum atomic E-state index is -1.01. The summed E-state index contributed by atoms with van der Waals surface area (Å²) in [5.74, 6) is -1.11. The zero-order chi connectivity index (χ0) is 21.6. The van der Waals surface area contributed by atoms with E-state index in [2.05, 4.69) is 15.3 Å². The summed E-state index contributed by atoms with van der Waals surface area (Å²) < 4.78 is 21.1. The summed E-state index contributed by atoms with van der Waals surface area (Å²) in [5, 5.41) is 14.7. The molecule has 0 saturated carbocycles. The molecule has 12 nitrogen and oxygen atoms in total. The van der Waals surface area contributed by atoms with E-state index in [9.17, 15) is 9.59 Å². The number of rotatable bonds is 21. The molecule has 0 bridgehead atoms. The van der Waals surface area contributed by atoms with Gasteiger partial charge >= 0.3 is 5.97 Å². The smallest absolute Gasteiger partial charge is 0.320 e. The Labute approximate surface area is 170 Å². The Balaban J connectivity index is 3.23. The van der Waals surface area contributed by atoms with Gasteiger partial charge in [-0.25, -0.2) is 0 Å². The lowest BCUT2D eigenvalue weighted by Gasteiger charge is -2.08. The molecule has 1 amide bonds. The van der Waals surface area contributed by atoms with Gasteiger partial charge in [-0.05, 0) is 24.8 Å². The second-order valence-electron chi connectivity index (χ2n) is 5.94. The molecule has 0 fully saturated rings. The fraction of sp³-hybridized carbons (Fsp3) is 0.882. The van der Waals surface area contributed by atoms with E-state index in [0.717, 1.165) is 0 Å². The van der Waals surface area contributed by atoms with Gasteiger partial charge < -0.3 is 35.1 Å². The molecule has 168 valence electrons. The number of aliphatic carboxylic acids is 1. The molecule has 0 aliphatic heterocycles. The molecule has 0 aromatic heterocycles. The van der Waals surface area contributed by atoms with Crippen molar-refractivity contribution < 1.29 is 33.6 Å². The summed E-state index contributed by atoms with van der Waals surface area (Å²) in [6.45, 7) is 4.05. The van der Waals surface area contributed by atoms with Crippen molar-refractivity contribution in [1.29, 1.82) is 0 Å². The first-order chi connectivity index (χ1) is 14.1. The van der Waals surface area contributed by atoms with Crippen molar-refractivity contribution in [3.63, 3.8) is 0 Å². The number of nitrogens with two attached hydrogens (primary N) is 1. The summed E-state index contributed by atoms with van der Waals surface area (Å²) in [6, 6.07) is -0.844. The molecule has 1 unspecified atom stereocenters. The molecule has 0 saturated heterocycles. The summed E-state index contributed by atoms with van der Waals surface area (Å²) in [5.41, 5.74) is 13.5. The summed E-state index contributed by atoms with van der Waals surface area (Å²) in [4.78, 5) is 24.8. The van der Waals surface area contributed by atoms with Gasteiger partial charge in [-0.3, -0.25) is 9.59 Å². The second-order valence-corrected chi connectivity index (χ2v) is 5.94. The standard InChI is InChI=1S/C17H33N5O7/c18-15(17(24)25)3-1-2-5-20-16(23)4-7-26-9-11-28-13-14-29-12-10-27-8-6-21-22-19/h15H,1-14,18H2,(H,20,23)(H,24,25). The quantitative estimate of drug-likeness (QED) is 0.104. The normalized spacial score (nSPS) is 11.6. The Kier molecular flexibility index (Phi) is 19.4. The lowest BCUT2D eigenvalue weighted by molar-refractivity contribution is -0.138. The maximum atomic E-state index is 11.6. The van der Waals surface area contributed by atoms with Crippen LogP contribution in [0.25, 0.3) is 10.4 Å². The number of ether oxygens (including phenoxy) is 4. The minimum absolute atomic E-state index is 0.108. The third kappa shape index (κ3) is 20.6. The fourth-order valence-corrected chi connectivity index (χ4v) is 2.01. The molecule has 0 rings (SSSR count).